The average molecular weight is 361 g/mol. The molecule has 1 unspecified atom stereocenters. The molecule has 4 N–H and O–H groups in total. The van der Waals surface area contributed by atoms with Gasteiger partial charge in [0.1, 0.15) is 6.04 Å². The molecule has 9 heteroatoms. The maximum Gasteiger partial charge on any atom is 0.249 e. The Kier molecular flexibility index (Phi) is 7.28. The molecule has 1 saturated heterocycles. The summed E-state index contributed by atoms with van der Waals surface area (Å²) in [7, 11) is 0. The van der Waals surface area contributed by atoms with Gasteiger partial charge in [-0.25, -0.2) is 0 Å². The van der Waals surface area contributed by atoms with Crippen molar-refractivity contribution < 1.29 is 14.4 Å². The maximum absolute atomic E-state index is 12.3. The van der Waals surface area contributed by atoms with Crippen LogP contribution in [0.25, 0.3) is 0 Å². The Labute approximate surface area is 144 Å². The lowest BCUT2D eigenvalue weighted by molar-refractivity contribution is -0.127. The van der Waals surface area contributed by atoms with Gasteiger partial charge in [0, 0.05) is 6.54 Å². The van der Waals surface area contributed by atoms with Crippen molar-refractivity contribution in [1.29, 1.82) is 0 Å². The molecule has 0 aromatic heterocycles. The van der Waals surface area contributed by atoms with Crippen LogP contribution >= 0.6 is 24.0 Å². The Balaban J connectivity index is 0.00000264. The van der Waals surface area contributed by atoms with E-state index in [0.717, 1.165) is 0 Å². The first-order chi connectivity index (χ1) is 10.5. The normalized spacial score (nSPS) is 16.7. The summed E-state index contributed by atoms with van der Waals surface area (Å²) in [4.78, 5) is 36.6. The molecule has 0 bridgehead atoms. The summed E-state index contributed by atoms with van der Waals surface area (Å²) in [6.45, 7) is 0.0878. The smallest absolute Gasteiger partial charge is 0.249 e. The minimum absolute atomic E-state index is 0. The van der Waals surface area contributed by atoms with E-state index in [-0.39, 0.29) is 31.4 Å². The van der Waals surface area contributed by atoms with Crippen LogP contribution in [0.1, 0.15) is 6.42 Å². The number of rotatable bonds is 5. The summed E-state index contributed by atoms with van der Waals surface area (Å²) < 4.78 is 0. The maximum atomic E-state index is 12.3. The predicted molar refractivity (Wildman–Crippen MR) is 89.7 cm³/mol. The number of carbonyl (C=O) groups is 3. The van der Waals surface area contributed by atoms with Gasteiger partial charge in [-0.3, -0.25) is 14.4 Å². The second-order valence-electron chi connectivity index (χ2n) is 4.83. The van der Waals surface area contributed by atoms with Crippen molar-refractivity contribution in [3.8, 4) is 0 Å². The van der Waals surface area contributed by atoms with Crippen LogP contribution in [0.15, 0.2) is 24.3 Å². The van der Waals surface area contributed by atoms with E-state index in [1.54, 1.807) is 29.2 Å². The molecular formula is C14H18Cl2N4O3. The van der Waals surface area contributed by atoms with Crippen molar-refractivity contribution in [3.05, 3.63) is 29.3 Å². The third-order valence-electron chi connectivity index (χ3n) is 3.32. The number of nitrogens with zero attached hydrogens (tertiary/aromatic N) is 1. The summed E-state index contributed by atoms with van der Waals surface area (Å²) in [5.41, 5.74) is 5.75. The van der Waals surface area contributed by atoms with Crippen LogP contribution in [0.3, 0.4) is 0 Å². The number of hydrogen-bond acceptors (Lipinski definition) is 4. The number of para-hydroxylation sites is 1. The van der Waals surface area contributed by atoms with Crippen LogP contribution in [0.2, 0.25) is 5.02 Å². The van der Waals surface area contributed by atoms with Crippen LogP contribution in [-0.4, -0.2) is 43.4 Å². The molecular weight excluding hydrogens is 343 g/mol. The fourth-order valence-corrected chi connectivity index (χ4v) is 2.46. The fraction of sp³-hybridized carbons (Fsp3) is 0.357. The Hall–Kier alpha value is -1.83. The van der Waals surface area contributed by atoms with Crippen molar-refractivity contribution in [1.82, 2.24) is 10.6 Å². The van der Waals surface area contributed by atoms with Crippen LogP contribution in [0.4, 0.5) is 5.69 Å². The van der Waals surface area contributed by atoms with E-state index in [1.165, 1.54) is 0 Å². The fourth-order valence-electron chi connectivity index (χ4n) is 2.22. The minimum atomic E-state index is -0.612. The first kappa shape index (κ1) is 19.2. The molecule has 1 aromatic carbocycles. The first-order valence-electron chi connectivity index (χ1n) is 6.85. The van der Waals surface area contributed by atoms with Gasteiger partial charge in [-0.05, 0) is 18.6 Å². The zero-order valence-corrected chi connectivity index (χ0v) is 13.8. The van der Waals surface area contributed by atoms with Crippen LogP contribution in [0.5, 0.6) is 0 Å². The highest BCUT2D eigenvalue weighted by atomic mass is 35.5. The van der Waals surface area contributed by atoms with E-state index < -0.39 is 17.9 Å². The van der Waals surface area contributed by atoms with Gasteiger partial charge in [0.05, 0.1) is 23.8 Å². The van der Waals surface area contributed by atoms with Gasteiger partial charge >= 0.3 is 0 Å². The molecule has 0 spiro atoms. The SMILES string of the molecule is Cl.NCC(=O)NCC(=O)NC1CCN(c2ccccc2Cl)C1=O. The van der Waals surface area contributed by atoms with E-state index in [0.29, 0.717) is 23.7 Å². The van der Waals surface area contributed by atoms with Crippen LogP contribution in [0, 0.1) is 0 Å². The molecule has 1 atom stereocenters. The van der Waals surface area contributed by atoms with Gasteiger partial charge in [0.15, 0.2) is 0 Å². The molecule has 23 heavy (non-hydrogen) atoms. The number of carbonyl (C=O) groups excluding carboxylic acids is 3. The molecule has 126 valence electrons. The quantitative estimate of drug-likeness (QED) is 0.690. The summed E-state index contributed by atoms with van der Waals surface area (Å²) in [5.74, 6) is -1.07. The van der Waals surface area contributed by atoms with Crippen molar-refractivity contribution in [2.75, 3.05) is 24.5 Å². The highest BCUT2D eigenvalue weighted by Crippen LogP contribution is 2.28. The number of benzene rings is 1. The van der Waals surface area contributed by atoms with E-state index in [2.05, 4.69) is 10.6 Å². The molecule has 2 rings (SSSR count). The summed E-state index contributed by atoms with van der Waals surface area (Å²) >= 11 is 6.08. The summed E-state index contributed by atoms with van der Waals surface area (Å²) in [5, 5.41) is 5.43. The standard InChI is InChI=1S/C14H17ClN4O3.ClH/c15-9-3-1-2-4-11(9)19-6-5-10(14(19)22)18-13(21)8-17-12(20)7-16;/h1-4,10H,5-8,16H2,(H,17,20)(H,18,21);1H. The highest BCUT2D eigenvalue weighted by Gasteiger charge is 2.34. The zero-order chi connectivity index (χ0) is 16.1. The topological polar surface area (TPSA) is 105 Å². The van der Waals surface area contributed by atoms with Crippen LogP contribution in [-0.2, 0) is 14.4 Å². The number of anilines is 1. The van der Waals surface area contributed by atoms with Crippen molar-refractivity contribution in [3.63, 3.8) is 0 Å². The van der Waals surface area contributed by atoms with E-state index >= 15 is 0 Å². The Morgan fingerprint density at radius 3 is 2.65 bits per heavy atom. The van der Waals surface area contributed by atoms with Gasteiger partial charge in [0.2, 0.25) is 17.7 Å². The van der Waals surface area contributed by atoms with Gasteiger partial charge < -0.3 is 21.3 Å². The summed E-state index contributed by atoms with van der Waals surface area (Å²) in [6, 6.07) is 6.43. The predicted octanol–water partition coefficient (Wildman–Crippen LogP) is 0.0582. The van der Waals surface area contributed by atoms with Crippen molar-refractivity contribution in [2.45, 2.75) is 12.5 Å². The molecule has 3 amide bonds. The Morgan fingerprint density at radius 2 is 2.00 bits per heavy atom. The lowest BCUT2D eigenvalue weighted by Crippen LogP contribution is -2.46. The molecule has 1 aliphatic rings. The molecule has 0 saturated carbocycles. The van der Waals surface area contributed by atoms with E-state index in [1.807, 2.05) is 0 Å². The largest absolute Gasteiger partial charge is 0.346 e. The van der Waals surface area contributed by atoms with Crippen molar-refractivity contribution >= 4 is 47.4 Å². The second-order valence-corrected chi connectivity index (χ2v) is 5.24. The number of nitrogens with two attached hydrogens (primary N) is 1. The van der Waals surface area contributed by atoms with Gasteiger partial charge in [-0.15, -0.1) is 12.4 Å². The third-order valence-corrected chi connectivity index (χ3v) is 3.64. The first-order valence-corrected chi connectivity index (χ1v) is 7.22. The second kappa shape index (κ2) is 8.71. The molecule has 7 nitrogen and oxygen atoms in total. The Morgan fingerprint density at radius 1 is 1.30 bits per heavy atom. The lowest BCUT2D eigenvalue weighted by atomic mass is 10.2. The average Bonchev–Trinajstić information content (AvgIpc) is 2.86. The van der Waals surface area contributed by atoms with Gasteiger partial charge in [-0.1, -0.05) is 23.7 Å². The number of nitrogens with one attached hydrogen (secondary N) is 2. The third kappa shape index (κ3) is 4.82. The molecule has 1 aliphatic heterocycles. The zero-order valence-electron chi connectivity index (χ0n) is 12.3. The monoisotopic (exact) mass is 360 g/mol. The Bertz CT molecular complexity index is 597. The molecule has 1 heterocycles. The molecule has 0 aliphatic carbocycles. The molecule has 0 radical (unpaired) electrons. The lowest BCUT2D eigenvalue weighted by Gasteiger charge is -2.18. The van der Waals surface area contributed by atoms with E-state index in [4.69, 9.17) is 17.3 Å². The highest BCUT2D eigenvalue weighted by molar-refractivity contribution is 6.34. The molecule has 1 aromatic rings. The van der Waals surface area contributed by atoms with Crippen molar-refractivity contribution in [2.24, 2.45) is 5.73 Å². The number of halogens is 2. The number of hydrogen-bond donors (Lipinski definition) is 3. The summed E-state index contributed by atoms with van der Waals surface area (Å²) in [6.07, 6.45) is 0.487. The van der Waals surface area contributed by atoms with Crippen LogP contribution < -0.4 is 21.3 Å². The number of amides is 3. The minimum Gasteiger partial charge on any atom is -0.346 e. The van der Waals surface area contributed by atoms with Gasteiger partial charge in [0.25, 0.3) is 0 Å². The van der Waals surface area contributed by atoms with E-state index in [9.17, 15) is 14.4 Å². The molecule has 1 fully saturated rings. The van der Waals surface area contributed by atoms with Gasteiger partial charge in [-0.2, -0.15) is 0 Å².